The minimum absolute atomic E-state index is 0.0411. The number of hydrogen-bond acceptors (Lipinski definition) is 1. The topological polar surface area (TPSA) is 29.1 Å². The molecule has 0 aliphatic carbocycles. The van der Waals surface area contributed by atoms with Crippen LogP contribution in [0.1, 0.15) is 39.2 Å². The van der Waals surface area contributed by atoms with Crippen molar-refractivity contribution in [3.05, 3.63) is 29.8 Å². The van der Waals surface area contributed by atoms with Gasteiger partial charge in [-0.3, -0.25) is 4.79 Å². The van der Waals surface area contributed by atoms with E-state index in [0.29, 0.717) is 11.8 Å². The van der Waals surface area contributed by atoms with Crippen molar-refractivity contribution in [1.29, 1.82) is 0 Å². The predicted molar refractivity (Wildman–Crippen MR) is 73.7 cm³/mol. The lowest BCUT2D eigenvalue weighted by Gasteiger charge is -2.22. The molecule has 0 aliphatic rings. The molecule has 0 saturated carbocycles. The molecule has 0 aliphatic heterocycles. The van der Waals surface area contributed by atoms with E-state index in [-0.39, 0.29) is 5.91 Å². The van der Waals surface area contributed by atoms with Gasteiger partial charge in [-0.25, -0.2) is 0 Å². The second kappa shape index (κ2) is 5.54. The van der Waals surface area contributed by atoms with Crippen molar-refractivity contribution >= 4 is 23.2 Å². The number of alkyl halides is 1. The van der Waals surface area contributed by atoms with E-state index in [1.165, 1.54) is 0 Å². The van der Waals surface area contributed by atoms with Crippen LogP contribution in [0.25, 0.3) is 0 Å². The average Bonchev–Trinajstić information content (AvgIpc) is 2.29. The largest absolute Gasteiger partial charge is 0.325 e. The van der Waals surface area contributed by atoms with E-state index in [9.17, 15) is 4.79 Å². The maximum Gasteiger partial charge on any atom is 0.231 e. The van der Waals surface area contributed by atoms with Crippen molar-refractivity contribution in [3.8, 4) is 0 Å². The van der Waals surface area contributed by atoms with Crippen LogP contribution in [0.5, 0.6) is 0 Å². The van der Waals surface area contributed by atoms with E-state index < -0.39 is 5.41 Å². The Morgan fingerprint density at radius 2 is 1.94 bits per heavy atom. The van der Waals surface area contributed by atoms with E-state index in [1.54, 1.807) is 0 Å². The number of hydrogen-bond donors (Lipinski definition) is 1. The molecule has 17 heavy (non-hydrogen) atoms. The van der Waals surface area contributed by atoms with Crippen LogP contribution >= 0.6 is 11.6 Å². The summed E-state index contributed by atoms with van der Waals surface area (Å²) in [7, 11) is 0. The molecule has 3 heteroatoms. The second-order valence-electron chi connectivity index (χ2n) is 5.21. The van der Waals surface area contributed by atoms with Gasteiger partial charge in [0, 0.05) is 11.6 Å². The minimum Gasteiger partial charge on any atom is -0.325 e. The SMILES string of the molecule is CC(C)c1ccccc1NC(=O)C(C)(C)CCl. The van der Waals surface area contributed by atoms with Gasteiger partial charge in [0.25, 0.3) is 0 Å². The molecule has 0 saturated heterocycles. The summed E-state index contributed by atoms with van der Waals surface area (Å²) < 4.78 is 0. The van der Waals surface area contributed by atoms with Crippen LogP contribution in [0.2, 0.25) is 0 Å². The summed E-state index contributed by atoms with van der Waals surface area (Å²) in [5, 5.41) is 2.96. The summed E-state index contributed by atoms with van der Waals surface area (Å²) in [6.07, 6.45) is 0. The Labute approximate surface area is 108 Å². The number of amides is 1. The number of carbonyl (C=O) groups excluding carboxylic acids is 1. The Bertz CT molecular complexity index is 399. The molecule has 1 rings (SSSR count). The highest BCUT2D eigenvalue weighted by atomic mass is 35.5. The summed E-state index contributed by atoms with van der Waals surface area (Å²) in [5.74, 6) is 0.647. The third-order valence-electron chi connectivity index (χ3n) is 2.78. The quantitative estimate of drug-likeness (QED) is 0.807. The van der Waals surface area contributed by atoms with Crippen LogP contribution in [0, 0.1) is 5.41 Å². The first-order valence-corrected chi connectivity index (χ1v) is 6.38. The zero-order valence-electron chi connectivity index (χ0n) is 10.9. The molecular formula is C14H20ClNO. The molecule has 1 N–H and O–H groups in total. The summed E-state index contributed by atoms with van der Waals surface area (Å²) in [4.78, 5) is 12.0. The van der Waals surface area contributed by atoms with Gasteiger partial charge in [0.15, 0.2) is 0 Å². The van der Waals surface area contributed by atoms with Crippen LogP contribution in [0.3, 0.4) is 0 Å². The standard InChI is InChI=1S/C14H20ClNO/c1-10(2)11-7-5-6-8-12(11)16-13(17)14(3,4)9-15/h5-8,10H,9H2,1-4H3,(H,16,17). The number of para-hydroxylation sites is 1. The molecule has 0 radical (unpaired) electrons. The molecule has 1 aromatic carbocycles. The highest BCUT2D eigenvalue weighted by Crippen LogP contribution is 2.26. The molecular weight excluding hydrogens is 234 g/mol. The molecule has 0 fully saturated rings. The molecule has 0 unspecified atom stereocenters. The Hall–Kier alpha value is -1.02. The first-order valence-electron chi connectivity index (χ1n) is 5.85. The van der Waals surface area contributed by atoms with Crippen molar-refractivity contribution in [2.24, 2.45) is 5.41 Å². The smallest absolute Gasteiger partial charge is 0.231 e. The molecule has 0 bridgehead atoms. The Balaban J connectivity index is 2.93. The van der Waals surface area contributed by atoms with Gasteiger partial charge in [0.05, 0.1) is 5.41 Å². The van der Waals surface area contributed by atoms with Gasteiger partial charge in [-0.15, -0.1) is 11.6 Å². The minimum atomic E-state index is -0.550. The van der Waals surface area contributed by atoms with E-state index in [0.717, 1.165) is 11.3 Å². The summed E-state index contributed by atoms with van der Waals surface area (Å²) in [6, 6.07) is 7.87. The fourth-order valence-electron chi connectivity index (χ4n) is 1.47. The van der Waals surface area contributed by atoms with Gasteiger partial charge in [-0.1, -0.05) is 32.0 Å². The third kappa shape index (κ3) is 3.47. The number of anilines is 1. The first-order chi connectivity index (χ1) is 7.88. The van der Waals surface area contributed by atoms with Crippen molar-refractivity contribution in [2.45, 2.75) is 33.6 Å². The lowest BCUT2D eigenvalue weighted by molar-refractivity contribution is -0.122. The third-order valence-corrected chi connectivity index (χ3v) is 3.45. The van der Waals surface area contributed by atoms with Crippen molar-refractivity contribution < 1.29 is 4.79 Å². The van der Waals surface area contributed by atoms with Crippen LogP contribution < -0.4 is 5.32 Å². The summed E-state index contributed by atoms with van der Waals surface area (Å²) in [5.41, 5.74) is 1.47. The van der Waals surface area contributed by atoms with Gasteiger partial charge in [0.1, 0.15) is 0 Å². The number of nitrogens with one attached hydrogen (secondary N) is 1. The van der Waals surface area contributed by atoms with Crippen LogP contribution in [0.4, 0.5) is 5.69 Å². The first kappa shape index (κ1) is 14.0. The van der Waals surface area contributed by atoms with Crippen molar-refractivity contribution in [3.63, 3.8) is 0 Å². The average molecular weight is 254 g/mol. The molecule has 0 spiro atoms. The van der Waals surface area contributed by atoms with E-state index in [1.807, 2.05) is 38.1 Å². The number of carbonyl (C=O) groups is 1. The fraction of sp³-hybridized carbons (Fsp3) is 0.500. The summed E-state index contributed by atoms with van der Waals surface area (Å²) in [6.45, 7) is 7.90. The predicted octanol–water partition coefficient (Wildman–Crippen LogP) is 4.01. The summed E-state index contributed by atoms with van der Waals surface area (Å²) >= 11 is 5.80. The molecule has 2 nitrogen and oxygen atoms in total. The highest BCUT2D eigenvalue weighted by Gasteiger charge is 2.27. The van der Waals surface area contributed by atoms with Gasteiger partial charge < -0.3 is 5.32 Å². The number of benzene rings is 1. The zero-order chi connectivity index (χ0) is 13.1. The highest BCUT2D eigenvalue weighted by molar-refractivity contribution is 6.20. The van der Waals surface area contributed by atoms with Gasteiger partial charge in [-0.2, -0.15) is 0 Å². The van der Waals surface area contributed by atoms with Crippen LogP contribution in [-0.2, 0) is 4.79 Å². The normalized spacial score (nSPS) is 11.6. The van der Waals surface area contributed by atoms with Crippen molar-refractivity contribution in [2.75, 3.05) is 11.2 Å². The van der Waals surface area contributed by atoms with Crippen LogP contribution in [-0.4, -0.2) is 11.8 Å². The van der Waals surface area contributed by atoms with Crippen LogP contribution in [0.15, 0.2) is 24.3 Å². The van der Waals surface area contributed by atoms with E-state index in [2.05, 4.69) is 19.2 Å². The lowest BCUT2D eigenvalue weighted by Crippen LogP contribution is -2.32. The number of halogens is 1. The lowest BCUT2D eigenvalue weighted by atomic mass is 9.94. The van der Waals surface area contributed by atoms with Crippen molar-refractivity contribution in [1.82, 2.24) is 0 Å². The van der Waals surface area contributed by atoms with Gasteiger partial charge in [0.2, 0.25) is 5.91 Å². The van der Waals surface area contributed by atoms with Gasteiger partial charge in [-0.05, 0) is 31.4 Å². The Morgan fingerprint density at radius 1 is 1.35 bits per heavy atom. The van der Waals surface area contributed by atoms with E-state index >= 15 is 0 Å². The Kier molecular flexibility index (Phi) is 4.58. The fourth-order valence-corrected chi connectivity index (χ4v) is 1.59. The second-order valence-corrected chi connectivity index (χ2v) is 5.48. The maximum atomic E-state index is 12.0. The molecule has 0 aromatic heterocycles. The zero-order valence-corrected chi connectivity index (χ0v) is 11.6. The number of rotatable bonds is 4. The molecule has 0 heterocycles. The molecule has 94 valence electrons. The molecule has 1 amide bonds. The Morgan fingerprint density at radius 3 is 2.47 bits per heavy atom. The van der Waals surface area contributed by atoms with E-state index in [4.69, 9.17) is 11.6 Å². The van der Waals surface area contributed by atoms with Gasteiger partial charge >= 0.3 is 0 Å². The molecule has 0 atom stereocenters. The monoisotopic (exact) mass is 253 g/mol. The maximum absolute atomic E-state index is 12.0. The molecule has 1 aromatic rings.